The van der Waals surface area contributed by atoms with Crippen LogP contribution in [0.5, 0.6) is 5.75 Å². The number of nitrogens with one attached hydrogen (secondary N) is 1. The van der Waals surface area contributed by atoms with Crippen molar-refractivity contribution in [2.75, 3.05) is 25.1 Å². The molecule has 1 aliphatic heterocycles. The zero-order valence-electron chi connectivity index (χ0n) is 17.3. The standard InChI is InChI=1S/C24H32N2O2/c1-18-17-20(7-13-23(18)28-3)8-14-24(27)25-19(2)21-9-11-22(12-10-21)26-15-5-4-6-16-26/h7,9-13,17,19H,4-6,8,14-16H2,1-3H3,(H,25,27). The number of ether oxygens (including phenoxy) is 1. The molecule has 0 aliphatic carbocycles. The van der Waals surface area contributed by atoms with Crippen molar-refractivity contribution in [3.63, 3.8) is 0 Å². The quantitative estimate of drug-likeness (QED) is 0.750. The summed E-state index contributed by atoms with van der Waals surface area (Å²) in [4.78, 5) is 14.8. The number of piperidine rings is 1. The van der Waals surface area contributed by atoms with Gasteiger partial charge in [0.1, 0.15) is 5.75 Å². The molecular formula is C24H32N2O2. The Morgan fingerprint density at radius 3 is 2.46 bits per heavy atom. The number of amides is 1. The third-order valence-electron chi connectivity index (χ3n) is 5.59. The lowest BCUT2D eigenvalue weighted by Gasteiger charge is -2.29. The van der Waals surface area contributed by atoms with Crippen LogP contribution in [0.1, 0.15) is 55.3 Å². The molecule has 4 heteroatoms. The molecule has 3 rings (SSSR count). The first-order valence-electron chi connectivity index (χ1n) is 10.3. The molecule has 1 unspecified atom stereocenters. The SMILES string of the molecule is COc1ccc(CCC(=O)NC(C)c2ccc(N3CCCCC3)cc2)cc1C. The fourth-order valence-electron chi connectivity index (χ4n) is 3.88. The van der Waals surface area contributed by atoms with Gasteiger partial charge in [-0.15, -0.1) is 0 Å². The Balaban J connectivity index is 1.50. The van der Waals surface area contributed by atoms with E-state index in [1.807, 2.05) is 26.0 Å². The van der Waals surface area contributed by atoms with Crippen molar-refractivity contribution in [3.05, 3.63) is 59.2 Å². The van der Waals surface area contributed by atoms with E-state index >= 15 is 0 Å². The van der Waals surface area contributed by atoms with Gasteiger partial charge in [0.25, 0.3) is 0 Å². The second kappa shape index (κ2) is 9.63. The number of methoxy groups -OCH3 is 1. The molecule has 0 bridgehead atoms. The monoisotopic (exact) mass is 380 g/mol. The van der Waals surface area contributed by atoms with E-state index in [1.54, 1.807) is 7.11 Å². The van der Waals surface area contributed by atoms with Crippen LogP contribution in [-0.2, 0) is 11.2 Å². The highest BCUT2D eigenvalue weighted by molar-refractivity contribution is 5.76. The Morgan fingerprint density at radius 1 is 1.11 bits per heavy atom. The van der Waals surface area contributed by atoms with E-state index in [0.29, 0.717) is 6.42 Å². The van der Waals surface area contributed by atoms with E-state index in [9.17, 15) is 4.79 Å². The highest BCUT2D eigenvalue weighted by Gasteiger charge is 2.13. The average molecular weight is 381 g/mol. The first-order chi connectivity index (χ1) is 13.6. The molecule has 1 heterocycles. The van der Waals surface area contributed by atoms with E-state index in [2.05, 4.69) is 40.5 Å². The fourth-order valence-corrected chi connectivity index (χ4v) is 3.88. The second-order valence-electron chi connectivity index (χ2n) is 7.73. The van der Waals surface area contributed by atoms with E-state index < -0.39 is 0 Å². The van der Waals surface area contributed by atoms with Gasteiger partial charge < -0.3 is 15.0 Å². The van der Waals surface area contributed by atoms with E-state index in [0.717, 1.165) is 42.0 Å². The van der Waals surface area contributed by atoms with Gasteiger partial charge in [0.15, 0.2) is 0 Å². The van der Waals surface area contributed by atoms with E-state index in [4.69, 9.17) is 4.74 Å². The van der Waals surface area contributed by atoms with E-state index in [1.165, 1.54) is 24.9 Å². The van der Waals surface area contributed by atoms with Crippen LogP contribution in [0.2, 0.25) is 0 Å². The molecule has 1 atom stereocenters. The minimum Gasteiger partial charge on any atom is -0.496 e. The average Bonchev–Trinajstić information content (AvgIpc) is 2.73. The summed E-state index contributed by atoms with van der Waals surface area (Å²) in [5.74, 6) is 0.968. The van der Waals surface area contributed by atoms with Crippen molar-refractivity contribution in [2.45, 2.75) is 52.0 Å². The maximum absolute atomic E-state index is 12.4. The number of benzene rings is 2. The van der Waals surface area contributed by atoms with Gasteiger partial charge in [-0.25, -0.2) is 0 Å². The number of carbonyl (C=O) groups excluding carboxylic acids is 1. The number of carbonyl (C=O) groups is 1. The summed E-state index contributed by atoms with van der Waals surface area (Å²) in [5.41, 5.74) is 4.70. The zero-order chi connectivity index (χ0) is 19.9. The second-order valence-corrected chi connectivity index (χ2v) is 7.73. The van der Waals surface area contributed by atoms with Crippen molar-refractivity contribution in [1.82, 2.24) is 5.32 Å². The summed E-state index contributed by atoms with van der Waals surface area (Å²) in [6, 6.07) is 14.8. The third kappa shape index (κ3) is 5.28. The predicted molar refractivity (Wildman–Crippen MR) is 115 cm³/mol. The molecule has 4 nitrogen and oxygen atoms in total. The summed E-state index contributed by atoms with van der Waals surface area (Å²) in [7, 11) is 1.68. The molecule has 2 aromatic carbocycles. The summed E-state index contributed by atoms with van der Waals surface area (Å²) in [6.45, 7) is 6.37. The minimum atomic E-state index is 0.0144. The Labute approximate surface area is 168 Å². The van der Waals surface area contributed by atoms with Crippen molar-refractivity contribution >= 4 is 11.6 Å². The van der Waals surface area contributed by atoms with Crippen LogP contribution >= 0.6 is 0 Å². The predicted octanol–water partition coefficient (Wildman–Crippen LogP) is 4.80. The molecular weight excluding hydrogens is 348 g/mol. The number of hydrogen-bond donors (Lipinski definition) is 1. The first kappa shape index (κ1) is 20.2. The number of aryl methyl sites for hydroxylation is 2. The van der Waals surface area contributed by atoms with Crippen LogP contribution < -0.4 is 15.0 Å². The summed E-state index contributed by atoms with van der Waals surface area (Å²) in [5, 5.41) is 3.13. The number of anilines is 1. The molecule has 150 valence electrons. The number of hydrogen-bond acceptors (Lipinski definition) is 3. The first-order valence-corrected chi connectivity index (χ1v) is 10.3. The van der Waals surface area contributed by atoms with Gasteiger partial charge in [0, 0.05) is 25.2 Å². The molecule has 1 N–H and O–H groups in total. The summed E-state index contributed by atoms with van der Waals surface area (Å²) < 4.78 is 5.29. The minimum absolute atomic E-state index is 0.0144. The normalized spacial score (nSPS) is 15.2. The molecule has 0 spiro atoms. The van der Waals surface area contributed by atoms with Crippen molar-refractivity contribution in [1.29, 1.82) is 0 Å². The molecule has 2 aromatic rings. The van der Waals surface area contributed by atoms with Crippen LogP contribution in [0.25, 0.3) is 0 Å². The Bertz CT molecular complexity index is 780. The lowest BCUT2D eigenvalue weighted by molar-refractivity contribution is -0.121. The molecule has 1 aliphatic rings. The Morgan fingerprint density at radius 2 is 1.82 bits per heavy atom. The maximum Gasteiger partial charge on any atom is 0.220 e. The molecule has 0 radical (unpaired) electrons. The summed E-state index contributed by atoms with van der Waals surface area (Å²) >= 11 is 0. The lowest BCUT2D eigenvalue weighted by atomic mass is 10.0. The van der Waals surface area contributed by atoms with Gasteiger partial charge in [0.05, 0.1) is 13.2 Å². The van der Waals surface area contributed by atoms with Crippen LogP contribution in [-0.4, -0.2) is 26.1 Å². The van der Waals surface area contributed by atoms with Crippen molar-refractivity contribution in [3.8, 4) is 5.75 Å². The van der Waals surface area contributed by atoms with Gasteiger partial charge in [0.2, 0.25) is 5.91 Å². The van der Waals surface area contributed by atoms with Gasteiger partial charge in [-0.05, 0) is 74.4 Å². The lowest BCUT2D eigenvalue weighted by Crippen LogP contribution is -2.29. The molecule has 1 fully saturated rings. The molecule has 1 saturated heterocycles. The molecule has 0 aromatic heterocycles. The number of nitrogens with zero attached hydrogens (tertiary/aromatic N) is 1. The molecule has 28 heavy (non-hydrogen) atoms. The van der Waals surface area contributed by atoms with Crippen LogP contribution in [0.15, 0.2) is 42.5 Å². The van der Waals surface area contributed by atoms with Gasteiger partial charge in [-0.2, -0.15) is 0 Å². The van der Waals surface area contributed by atoms with Gasteiger partial charge in [-0.1, -0.05) is 24.3 Å². The third-order valence-corrected chi connectivity index (χ3v) is 5.59. The van der Waals surface area contributed by atoms with Crippen molar-refractivity contribution < 1.29 is 9.53 Å². The highest BCUT2D eigenvalue weighted by Crippen LogP contribution is 2.23. The van der Waals surface area contributed by atoms with Crippen LogP contribution in [0, 0.1) is 6.92 Å². The van der Waals surface area contributed by atoms with Gasteiger partial charge in [-0.3, -0.25) is 4.79 Å². The smallest absolute Gasteiger partial charge is 0.220 e. The van der Waals surface area contributed by atoms with E-state index in [-0.39, 0.29) is 11.9 Å². The van der Waals surface area contributed by atoms with Crippen LogP contribution in [0.4, 0.5) is 5.69 Å². The fraction of sp³-hybridized carbons (Fsp3) is 0.458. The zero-order valence-corrected chi connectivity index (χ0v) is 17.3. The van der Waals surface area contributed by atoms with Crippen LogP contribution in [0.3, 0.4) is 0 Å². The highest BCUT2D eigenvalue weighted by atomic mass is 16.5. The Hall–Kier alpha value is -2.49. The molecule has 0 saturated carbocycles. The number of rotatable bonds is 7. The topological polar surface area (TPSA) is 41.6 Å². The Kier molecular flexibility index (Phi) is 6.96. The van der Waals surface area contributed by atoms with Crippen molar-refractivity contribution in [2.24, 2.45) is 0 Å². The summed E-state index contributed by atoms with van der Waals surface area (Å²) in [6.07, 6.45) is 5.12. The van der Waals surface area contributed by atoms with Gasteiger partial charge >= 0.3 is 0 Å². The molecule has 1 amide bonds. The maximum atomic E-state index is 12.4. The largest absolute Gasteiger partial charge is 0.496 e.